The molecule has 3 aromatic rings. The van der Waals surface area contributed by atoms with Crippen molar-refractivity contribution in [1.29, 1.82) is 0 Å². The molecular weight excluding hydrogens is 438 g/mol. The molecule has 8 nitrogen and oxygen atoms in total. The molecule has 1 aliphatic rings. The number of rotatable bonds is 8. The Labute approximate surface area is 184 Å². The molecule has 2 heterocycles. The normalized spacial score (nSPS) is 14.0. The van der Waals surface area contributed by atoms with Gasteiger partial charge < -0.3 is 14.6 Å². The van der Waals surface area contributed by atoms with Gasteiger partial charge in [-0.1, -0.05) is 17.3 Å². The van der Waals surface area contributed by atoms with Gasteiger partial charge in [-0.05, 0) is 56.2 Å². The first-order valence-electron chi connectivity index (χ1n) is 9.58. The van der Waals surface area contributed by atoms with E-state index in [0.717, 1.165) is 24.2 Å². The van der Waals surface area contributed by atoms with Crippen molar-refractivity contribution in [2.45, 2.75) is 24.0 Å². The quantitative estimate of drug-likeness (QED) is 0.517. The first kappa shape index (κ1) is 21.1. The van der Waals surface area contributed by atoms with Crippen LogP contribution in [0.15, 0.2) is 45.1 Å². The van der Waals surface area contributed by atoms with Crippen LogP contribution < -0.4 is 14.8 Å². The van der Waals surface area contributed by atoms with E-state index in [1.54, 1.807) is 49.4 Å². The summed E-state index contributed by atoms with van der Waals surface area (Å²) in [5, 5.41) is 6.78. The molecule has 2 aromatic heterocycles. The number of methoxy groups -OCH3 is 1. The number of nitrogens with zero attached hydrogens (tertiary/aromatic N) is 1. The predicted molar refractivity (Wildman–Crippen MR) is 120 cm³/mol. The van der Waals surface area contributed by atoms with Crippen LogP contribution in [0.3, 0.4) is 0 Å². The van der Waals surface area contributed by atoms with Crippen LogP contribution in [0.5, 0.6) is 5.75 Å². The van der Waals surface area contributed by atoms with E-state index in [2.05, 4.69) is 15.2 Å². The Bertz CT molecular complexity index is 1240. The van der Waals surface area contributed by atoms with Crippen LogP contribution in [-0.2, 0) is 14.8 Å². The maximum Gasteiger partial charge on any atom is 0.271 e. The zero-order valence-corrected chi connectivity index (χ0v) is 18.5. The van der Waals surface area contributed by atoms with Gasteiger partial charge in [-0.25, -0.2) is 8.42 Å². The molecule has 1 aliphatic carbocycles. The number of sulfonamides is 1. The molecule has 2 N–H and O–H groups in total. The summed E-state index contributed by atoms with van der Waals surface area (Å²) in [5.41, 5.74) is 1.49. The summed E-state index contributed by atoms with van der Waals surface area (Å²) in [6.45, 7) is 1.75. The molecule has 0 bridgehead atoms. The standard InChI is InChI=1S/C21H21N3O5S2/c1-13-20(22-21(25)14-7-8-14)18(29-23-13)11-9-15-10-12-19(30-15)31(26,27)24-16-5-3-4-6-17(16)28-2/h3-6,9-12,14,24H,7-8H2,1-2H3,(H,22,25). The molecule has 10 heteroatoms. The Kier molecular flexibility index (Phi) is 5.84. The van der Waals surface area contributed by atoms with E-state index in [1.807, 2.05) is 0 Å². The molecule has 1 amide bonds. The number of carbonyl (C=O) groups is 1. The van der Waals surface area contributed by atoms with Crippen LogP contribution in [0.25, 0.3) is 12.2 Å². The third kappa shape index (κ3) is 4.80. The second kappa shape index (κ2) is 8.56. The topological polar surface area (TPSA) is 111 Å². The highest BCUT2D eigenvalue weighted by molar-refractivity contribution is 7.94. The Morgan fingerprint density at radius 2 is 2.00 bits per heavy atom. The van der Waals surface area contributed by atoms with Gasteiger partial charge in [0.15, 0.2) is 5.76 Å². The highest BCUT2D eigenvalue weighted by Crippen LogP contribution is 2.33. The van der Waals surface area contributed by atoms with Crippen molar-refractivity contribution in [2.75, 3.05) is 17.1 Å². The van der Waals surface area contributed by atoms with E-state index in [4.69, 9.17) is 9.26 Å². The SMILES string of the molecule is COc1ccccc1NS(=O)(=O)c1ccc(C=Cc2onc(C)c2NC(=O)C2CC2)s1. The minimum Gasteiger partial charge on any atom is -0.495 e. The van der Waals surface area contributed by atoms with E-state index in [1.165, 1.54) is 13.2 Å². The number of aryl methyl sites for hydroxylation is 1. The number of hydrogen-bond acceptors (Lipinski definition) is 7. The molecular formula is C21H21N3O5S2. The number of thiophene rings is 1. The van der Waals surface area contributed by atoms with Gasteiger partial charge >= 0.3 is 0 Å². The van der Waals surface area contributed by atoms with E-state index < -0.39 is 10.0 Å². The van der Waals surface area contributed by atoms with Crippen molar-refractivity contribution in [3.63, 3.8) is 0 Å². The zero-order chi connectivity index (χ0) is 22.0. The zero-order valence-electron chi connectivity index (χ0n) is 16.9. The number of benzene rings is 1. The fraction of sp³-hybridized carbons (Fsp3) is 0.238. The van der Waals surface area contributed by atoms with Crippen molar-refractivity contribution in [3.8, 4) is 5.75 Å². The van der Waals surface area contributed by atoms with Gasteiger partial charge in [0.25, 0.3) is 10.0 Å². The van der Waals surface area contributed by atoms with Crippen molar-refractivity contribution in [3.05, 3.63) is 52.7 Å². The van der Waals surface area contributed by atoms with Gasteiger partial charge in [0.2, 0.25) is 5.91 Å². The predicted octanol–water partition coefficient (Wildman–Crippen LogP) is 4.37. The van der Waals surface area contributed by atoms with Crippen LogP contribution in [0.4, 0.5) is 11.4 Å². The number of para-hydroxylation sites is 2. The lowest BCUT2D eigenvalue weighted by Gasteiger charge is -2.10. The Morgan fingerprint density at radius 1 is 1.23 bits per heavy atom. The molecule has 0 atom stereocenters. The first-order valence-corrected chi connectivity index (χ1v) is 11.9. The minimum absolute atomic E-state index is 0.0344. The molecule has 31 heavy (non-hydrogen) atoms. The van der Waals surface area contributed by atoms with E-state index >= 15 is 0 Å². The monoisotopic (exact) mass is 459 g/mol. The lowest BCUT2D eigenvalue weighted by Crippen LogP contribution is -2.14. The second-order valence-corrected chi connectivity index (χ2v) is 10.1. The first-order chi connectivity index (χ1) is 14.9. The van der Waals surface area contributed by atoms with Crippen molar-refractivity contribution < 1.29 is 22.5 Å². The van der Waals surface area contributed by atoms with Crippen molar-refractivity contribution in [1.82, 2.24) is 5.16 Å². The molecule has 1 fully saturated rings. The van der Waals surface area contributed by atoms with E-state index in [0.29, 0.717) is 33.5 Å². The Hall–Kier alpha value is -3.11. The lowest BCUT2D eigenvalue weighted by atomic mass is 10.2. The average molecular weight is 460 g/mol. The third-order valence-electron chi connectivity index (χ3n) is 4.70. The summed E-state index contributed by atoms with van der Waals surface area (Å²) in [5.74, 6) is 0.875. The number of amides is 1. The minimum atomic E-state index is -3.77. The molecule has 0 radical (unpaired) electrons. The maximum absolute atomic E-state index is 12.7. The highest BCUT2D eigenvalue weighted by atomic mass is 32.2. The summed E-state index contributed by atoms with van der Waals surface area (Å²) in [4.78, 5) is 12.8. The lowest BCUT2D eigenvalue weighted by molar-refractivity contribution is -0.117. The smallest absolute Gasteiger partial charge is 0.271 e. The van der Waals surface area contributed by atoms with Crippen LogP contribution in [-0.4, -0.2) is 26.6 Å². The van der Waals surface area contributed by atoms with Gasteiger partial charge in [-0.2, -0.15) is 0 Å². The van der Waals surface area contributed by atoms with Gasteiger partial charge in [-0.3, -0.25) is 9.52 Å². The van der Waals surface area contributed by atoms with Gasteiger partial charge in [0, 0.05) is 10.8 Å². The molecule has 162 valence electrons. The number of hydrogen-bond donors (Lipinski definition) is 2. The van der Waals surface area contributed by atoms with E-state index in [9.17, 15) is 13.2 Å². The highest BCUT2D eigenvalue weighted by Gasteiger charge is 2.30. The third-order valence-corrected chi connectivity index (χ3v) is 7.61. The molecule has 1 aromatic carbocycles. The number of nitrogens with one attached hydrogen (secondary N) is 2. The summed E-state index contributed by atoms with van der Waals surface area (Å²) < 4.78 is 38.7. The molecule has 0 unspecified atom stereocenters. The second-order valence-electron chi connectivity index (χ2n) is 7.07. The number of aromatic nitrogens is 1. The molecule has 0 saturated heterocycles. The van der Waals surface area contributed by atoms with Gasteiger partial charge in [0.1, 0.15) is 21.3 Å². The van der Waals surface area contributed by atoms with Crippen molar-refractivity contribution >= 4 is 50.8 Å². The number of anilines is 2. The average Bonchev–Trinajstić information content (AvgIpc) is 3.40. The molecule has 0 aliphatic heterocycles. The summed E-state index contributed by atoms with van der Waals surface area (Å²) in [7, 11) is -2.29. The van der Waals surface area contributed by atoms with Crippen LogP contribution in [0.1, 0.15) is 29.2 Å². The Balaban J connectivity index is 1.50. The molecule has 1 saturated carbocycles. The number of carbonyl (C=O) groups excluding carboxylic acids is 1. The van der Waals surface area contributed by atoms with Crippen LogP contribution in [0.2, 0.25) is 0 Å². The van der Waals surface area contributed by atoms with Gasteiger partial charge in [-0.15, -0.1) is 11.3 Å². The van der Waals surface area contributed by atoms with Gasteiger partial charge in [0.05, 0.1) is 12.8 Å². The molecule has 4 rings (SSSR count). The van der Waals surface area contributed by atoms with Crippen LogP contribution >= 0.6 is 11.3 Å². The maximum atomic E-state index is 12.7. The summed E-state index contributed by atoms with van der Waals surface area (Å²) in [6.07, 6.45) is 5.19. The summed E-state index contributed by atoms with van der Waals surface area (Å²) >= 11 is 1.11. The fourth-order valence-corrected chi connectivity index (χ4v) is 5.17. The Morgan fingerprint density at radius 3 is 2.74 bits per heavy atom. The van der Waals surface area contributed by atoms with Crippen molar-refractivity contribution in [2.24, 2.45) is 5.92 Å². The van der Waals surface area contributed by atoms with E-state index in [-0.39, 0.29) is 16.0 Å². The number of ether oxygens (including phenoxy) is 1. The molecule has 0 spiro atoms. The summed E-state index contributed by atoms with van der Waals surface area (Å²) in [6, 6.07) is 10.0. The fourth-order valence-electron chi connectivity index (χ4n) is 2.87. The van der Waals surface area contributed by atoms with Crippen LogP contribution in [0, 0.1) is 12.8 Å². The largest absolute Gasteiger partial charge is 0.495 e.